The van der Waals surface area contributed by atoms with Crippen LogP contribution in [0.3, 0.4) is 0 Å². The number of hydrogen-bond donors (Lipinski definition) is 0. The van der Waals surface area contributed by atoms with Gasteiger partial charge in [-0.05, 0) is 39.5 Å². The van der Waals surface area contributed by atoms with Crippen LogP contribution in [-0.4, -0.2) is 11.1 Å². The Hall–Kier alpha value is -0.400. The summed E-state index contributed by atoms with van der Waals surface area (Å²) in [6.45, 7) is 13.1. The maximum Gasteiger partial charge on any atom is 0.0783 e. The van der Waals surface area contributed by atoms with Crippen molar-refractivity contribution < 1.29 is 0 Å². The molecule has 0 aliphatic carbocycles. The average Bonchev–Trinajstić information content (AvgIpc) is 2.25. The fourth-order valence-electron chi connectivity index (χ4n) is 1.02. The van der Waals surface area contributed by atoms with E-state index in [1.165, 1.54) is 0 Å². The zero-order valence-electron chi connectivity index (χ0n) is 10.7. The average molecular weight is 198 g/mol. The first-order chi connectivity index (χ1) is 6.45. The fraction of sp³-hybridized carbons (Fsp3) is 1.00. The highest BCUT2D eigenvalue weighted by Gasteiger charge is 2.23. The van der Waals surface area contributed by atoms with E-state index in [9.17, 15) is 0 Å². The second kappa shape index (κ2) is 5.47. The van der Waals surface area contributed by atoms with E-state index >= 15 is 0 Å². The SMILES string of the molecule is CCC(C)(CC)/N=N/C(C)(CC)CC. The lowest BCUT2D eigenvalue weighted by Gasteiger charge is -2.25. The Balaban J connectivity index is 4.54. The van der Waals surface area contributed by atoms with Gasteiger partial charge in [0.15, 0.2) is 0 Å². The molecule has 0 rings (SSSR count). The minimum absolute atomic E-state index is 0.0472. The Bertz CT molecular complexity index is 157. The summed E-state index contributed by atoms with van der Waals surface area (Å²) >= 11 is 0. The van der Waals surface area contributed by atoms with E-state index in [0.29, 0.717) is 0 Å². The molecule has 0 amide bonds. The molecule has 0 N–H and O–H groups in total. The Morgan fingerprint density at radius 2 is 0.857 bits per heavy atom. The molecular formula is C12H26N2. The second-order valence-electron chi connectivity index (χ2n) is 4.61. The number of nitrogens with zero attached hydrogens (tertiary/aromatic N) is 2. The van der Waals surface area contributed by atoms with Crippen LogP contribution in [0.1, 0.15) is 67.2 Å². The monoisotopic (exact) mass is 198 g/mol. The third kappa shape index (κ3) is 3.77. The molecule has 14 heavy (non-hydrogen) atoms. The predicted molar refractivity (Wildman–Crippen MR) is 62.8 cm³/mol. The highest BCUT2D eigenvalue weighted by molar-refractivity contribution is 4.83. The first-order valence-corrected chi connectivity index (χ1v) is 5.89. The predicted octanol–water partition coefficient (Wildman–Crippen LogP) is 4.60. The molecular weight excluding hydrogens is 172 g/mol. The molecule has 0 aromatic carbocycles. The molecule has 0 aliphatic heterocycles. The van der Waals surface area contributed by atoms with Crippen LogP contribution in [0, 0.1) is 0 Å². The molecule has 0 heterocycles. The Morgan fingerprint density at radius 3 is 1.00 bits per heavy atom. The lowest BCUT2D eigenvalue weighted by Crippen LogP contribution is -2.23. The van der Waals surface area contributed by atoms with Gasteiger partial charge in [-0.15, -0.1) is 0 Å². The van der Waals surface area contributed by atoms with Crippen molar-refractivity contribution in [3.05, 3.63) is 0 Å². The van der Waals surface area contributed by atoms with Crippen LogP contribution in [0.25, 0.3) is 0 Å². The summed E-state index contributed by atoms with van der Waals surface area (Å²) in [6, 6.07) is 0. The van der Waals surface area contributed by atoms with Crippen LogP contribution >= 0.6 is 0 Å². The third-order valence-corrected chi connectivity index (χ3v) is 3.58. The molecule has 84 valence electrons. The molecule has 0 unspecified atom stereocenters. The van der Waals surface area contributed by atoms with E-state index in [1.807, 2.05) is 0 Å². The summed E-state index contributed by atoms with van der Waals surface area (Å²) in [5.41, 5.74) is 0.0944. The van der Waals surface area contributed by atoms with Crippen LogP contribution in [-0.2, 0) is 0 Å². The fourth-order valence-corrected chi connectivity index (χ4v) is 1.02. The lowest BCUT2D eigenvalue weighted by atomic mass is 9.95. The molecule has 0 aromatic rings. The van der Waals surface area contributed by atoms with Gasteiger partial charge in [-0.1, -0.05) is 27.7 Å². The van der Waals surface area contributed by atoms with Crippen molar-refractivity contribution in [3.63, 3.8) is 0 Å². The summed E-state index contributed by atoms with van der Waals surface area (Å²) in [7, 11) is 0. The number of rotatable bonds is 6. The maximum absolute atomic E-state index is 4.53. The van der Waals surface area contributed by atoms with Gasteiger partial charge in [0, 0.05) is 0 Å². The number of hydrogen-bond acceptors (Lipinski definition) is 2. The normalized spacial score (nSPS) is 13.9. The van der Waals surface area contributed by atoms with Gasteiger partial charge in [-0.25, -0.2) is 0 Å². The van der Waals surface area contributed by atoms with Crippen LogP contribution in [0.5, 0.6) is 0 Å². The molecule has 0 spiro atoms. The molecule has 0 atom stereocenters. The molecule has 0 bridgehead atoms. The Kier molecular flexibility index (Phi) is 5.32. The van der Waals surface area contributed by atoms with Crippen molar-refractivity contribution in [2.45, 2.75) is 78.3 Å². The summed E-state index contributed by atoms with van der Waals surface area (Å²) in [4.78, 5) is 0. The molecule has 0 aliphatic rings. The van der Waals surface area contributed by atoms with E-state index in [2.05, 4.69) is 51.8 Å². The van der Waals surface area contributed by atoms with Crippen LogP contribution in [0.2, 0.25) is 0 Å². The first kappa shape index (κ1) is 13.6. The van der Waals surface area contributed by atoms with Crippen molar-refractivity contribution in [2.75, 3.05) is 0 Å². The molecule has 2 nitrogen and oxygen atoms in total. The van der Waals surface area contributed by atoms with E-state index in [0.717, 1.165) is 25.7 Å². The Labute approximate surface area is 89.2 Å². The van der Waals surface area contributed by atoms with Gasteiger partial charge < -0.3 is 0 Å². The van der Waals surface area contributed by atoms with Crippen molar-refractivity contribution in [1.29, 1.82) is 0 Å². The summed E-state index contributed by atoms with van der Waals surface area (Å²) < 4.78 is 0. The minimum atomic E-state index is 0.0472. The van der Waals surface area contributed by atoms with E-state index < -0.39 is 0 Å². The van der Waals surface area contributed by atoms with E-state index in [1.54, 1.807) is 0 Å². The van der Waals surface area contributed by atoms with Crippen molar-refractivity contribution >= 4 is 0 Å². The molecule has 0 radical (unpaired) electrons. The standard InChI is InChI=1S/C12H26N2/c1-7-11(5,8-2)13-14-12(6,9-3)10-4/h7-10H2,1-6H3/b14-13+. The lowest BCUT2D eigenvalue weighted by molar-refractivity contribution is 0.352. The summed E-state index contributed by atoms with van der Waals surface area (Å²) in [5, 5.41) is 9.06. The van der Waals surface area contributed by atoms with Gasteiger partial charge in [0.25, 0.3) is 0 Å². The molecule has 0 fully saturated rings. The van der Waals surface area contributed by atoms with Crippen molar-refractivity contribution in [1.82, 2.24) is 0 Å². The summed E-state index contributed by atoms with van der Waals surface area (Å²) in [6.07, 6.45) is 4.26. The van der Waals surface area contributed by atoms with Gasteiger partial charge in [-0.2, -0.15) is 10.2 Å². The molecule has 0 saturated heterocycles. The highest BCUT2D eigenvalue weighted by Crippen LogP contribution is 2.25. The van der Waals surface area contributed by atoms with Gasteiger partial charge in [0.2, 0.25) is 0 Å². The number of azo groups is 1. The smallest absolute Gasteiger partial charge is 0.0783 e. The minimum Gasteiger partial charge on any atom is -0.187 e. The molecule has 2 heteroatoms. The highest BCUT2D eigenvalue weighted by atomic mass is 15.2. The van der Waals surface area contributed by atoms with Crippen LogP contribution < -0.4 is 0 Å². The first-order valence-electron chi connectivity index (χ1n) is 5.89. The largest absolute Gasteiger partial charge is 0.187 e. The molecule has 0 saturated carbocycles. The van der Waals surface area contributed by atoms with Gasteiger partial charge >= 0.3 is 0 Å². The van der Waals surface area contributed by atoms with Crippen LogP contribution in [0.4, 0.5) is 0 Å². The quantitative estimate of drug-likeness (QED) is 0.557. The third-order valence-electron chi connectivity index (χ3n) is 3.58. The van der Waals surface area contributed by atoms with E-state index in [4.69, 9.17) is 0 Å². The Morgan fingerprint density at radius 1 is 0.643 bits per heavy atom. The van der Waals surface area contributed by atoms with Gasteiger partial charge in [0.05, 0.1) is 11.1 Å². The zero-order valence-corrected chi connectivity index (χ0v) is 10.7. The second-order valence-corrected chi connectivity index (χ2v) is 4.61. The summed E-state index contributed by atoms with van der Waals surface area (Å²) in [5.74, 6) is 0. The maximum atomic E-state index is 4.53. The van der Waals surface area contributed by atoms with Crippen molar-refractivity contribution in [3.8, 4) is 0 Å². The van der Waals surface area contributed by atoms with Crippen molar-refractivity contribution in [2.24, 2.45) is 10.2 Å². The molecule has 0 aromatic heterocycles. The zero-order chi connectivity index (χ0) is 11.2. The van der Waals surface area contributed by atoms with Gasteiger partial charge in [0.1, 0.15) is 0 Å². The van der Waals surface area contributed by atoms with Gasteiger partial charge in [-0.3, -0.25) is 0 Å². The topological polar surface area (TPSA) is 24.7 Å². The van der Waals surface area contributed by atoms with Crippen LogP contribution in [0.15, 0.2) is 10.2 Å². The van der Waals surface area contributed by atoms with E-state index in [-0.39, 0.29) is 11.1 Å².